The minimum atomic E-state index is -2.86. The molecule has 0 heterocycles. The van der Waals surface area contributed by atoms with Crippen LogP contribution in [0, 0.1) is 0 Å². The van der Waals surface area contributed by atoms with Gasteiger partial charge in [-0.05, 0) is 0 Å². The van der Waals surface area contributed by atoms with Gasteiger partial charge in [0.15, 0.2) is 0 Å². The predicted octanol–water partition coefficient (Wildman–Crippen LogP) is -0.901. The summed E-state index contributed by atoms with van der Waals surface area (Å²) in [5, 5.41) is 0. The van der Waals surface area contributed by atoms with Crippen LogP contribution in [0.3, 0.4) is 0 Å². The first-order chi connectivity index (χ1) is 3.15. The van der Waals surface area contributed by atoms with Crippen LogP contribution in [0.2, 0.25) is 0 Å². The molecule has 0 bridgehead atoms. The van der Waals surface area contributed by atoms with Gasteiger partial charge in [-0.2, -0.15) is 0 Å². The molecule has 5 nitrogen and oxygen atoms in total. The van der Waals surface area contributed by atoms with Gasteiger partial charge in [-0.3, -0.25) is 0 Å². The molecule has 0 aliphatic heterocycles. The molecule has 43 valence electrons. The van der Waals surface area contributed by atoms with Crippen LogP contribution in [0.5, 0.6) is 0 Å². The average molecular weight is 145 g/mol. The summed E-state index contributed by atoms with van der Waals surface area (Å²) >= 11 is -3.61. The third-order valence-corrected chi connectivity index (χ3v) is 0. The van der Waals surface area contributed by atoms with Crippen LogP contribution in [0.25, 0.3) is 0 Å². The van der Waals surface area contributed by atoms with Gasteiger partial charge < -0.3 is 9.11 Å². The summed E-state index contributed by atoms with van der Waals surface area (Å²) in [5.41, 5.74) is 0. The van der Waals surface area contributed by atoms with Crippen molar-refractivity contribution in [3.05, 3.63) is 0 Å². The molecular formula is HO5S2. The molecule has 0 amide bonds. The molecule has 0 fully saturated rings. The Morgan fingerprint density at radius 1 is 1.57 bits per heavy atom. The normalized spacial score (nSPS) is 10.0. The van der Waals surface area contributed by atoms with Crippen LogP contribution in [0.15, 0.2) is 0 Å². The molecule has 7 heteroatoms. The van der Waals surface area contributed by atoms with Gasteiger partial charge in [-0.1, -0.05) is 0 Å². The Labute approximate surface area is 45.5 Å². The fraction of sp³-hybridized carbons (Fsp3) is 0. The summed E-state index contributed by atoms with van der Waals surface area (Å²) in [6.45, 7) is 0. The van der Waals surface area contributed by atoms with Crippen LogP contribution in [-0.4, -0.2) is 13.3 Å². The molecule has 0 aromatic rings. The maximum absolute atomic E-state index is 8.56. The molecule has 7 heavy (non-hydrogen) atoms. The topological polar surface area (TPSA) is 94.5 Å². The van der Waals surface area contributed by atoms with E-state index in [-0.39, 0.29) is 0 Å². The van der Waals surface area contributed by atoms with Gasteiger partial charge in [0.2, 0.25) is 0 Å². The van der Waals surface area contributed by atoms with Crippen molar-refractivity contribution in [3.8, 4) is 0 Å². The van der Waals surface area contributed by atoms with Gasteiger partial charge in [0.05, 0.1) is 11.4 Å². The van der Waals surface area contributed by atoms with E-state index in [9.17, 15) is 0 Å². The zero-order chi connectivity index (χ0) is 6.28. The first-order valence-corrected chi connectivity index (χ1v) is 2.55. The molecule has 0 spiro atoms. The number of hydrogen-bond acceptors (Lipinski definition) is 4. The Morgan fingerprint density at radius 3 is 1.57 bits per heavy atom. The van der Waals surface area contributed by atoms with Gasteiger partial charge in [0.25, 0.3) is 0 Å². The Bertz CT molecular complexity index is 74.1. The van der Waals surface area contributed by atoms with Crippen LogP contribution < -0.4 is 0 Å². The van der Waals surface area contributed by atoms with Gasteiger partial charge in [0.1, 0.15) is 0 Å². The zero-order valence-corrected chi connectivity index (χ0v) is 4.53. The Morgan fingerprint density at radius 2 is 1.57 bits per heavy atom. The molecule has 0 aliphatic rings. The van der Waals surface area contributed by atoms with Gasteiger partial charge in [-0.25, -0.2) is 4.21 Å². The van der Waals surface area contributed by atoms with Gasteiger partial charge in [-0.15, -0.1) is 0 Å². The molecular weight excluding hydrogens is 144 g/mol. The second-order valence-electron chi connectivity index (χ2n) is 0.285. The summed E-state index contributed by atoms with van der Waals surface area (Å²) in [4.78, 5) is 0. The number of rotatable bonds is 0. The van der Waals surface area contributed by atoms with E-state index in [0.717, 1.165) is 0 Å². The summed E-state index contributed by atoms with van der Waals surface area (Å²) in [5.74, 6) is 0. The molecule has 0 aromatic heterocycles. The maximum atomic E-state index is 8.56. The summed E-state index contributed by atoms with van der Waals surface area (Å²) in [7, 11) is 0. The standard InChI is InChI=1S/H2O3S.O2S/c1-4(2)3;1-3-2/h(H2,1,2,3);/q;+1/p-1. The fourth-order valence-corrected chi connectivity index (χ4v) is 0. The van der Waals surface area contributed by atoms with E-state index in [0.29, 0.717) is 0 Å². The SMILES string of the molecule is O=S([O-])O.O=[S+]=O. The van der Waals surface area contributed by atoms with E-state index >= 15 is 0 Å². The van der Waals surface area contributed by atoms with E-state index in [1.807, 2.05) is 0 Å². The van der Waals surface area contributed by atoms with E-state index in [1.54, 1.807) is 0 Å². The third kappa shape index (κ3) is 243000. The molecule has 0 saturated carbocycles. The summed E-state index contributed by atoms with van der Waals surface area (Å²) in [6.07, 6.45) is 0. The summed E-state index contributed by atoms with van der Waals surface area (Å²) in [6, 6.07) is 0. The second-order valence-corrected chi connectivity index (χ2v) is 0.855. The first kappa shape index (κ1) is 10.1. The third-order valence-electron chi connectivity index (χ3n) is 0. The quantitative estimate of drug-likeness (QED) is 0.352. The van der Waals surface area contributed by atoms with Crippen LogP contribution in [0.4, 0.5) is 0 Å². The fourth-order valence-electron chi connectivity index (χ4n) is 0. The molecule has 1 unspecified atom stereocenters. The minimum absolute atomic E-state index is 0.750. The Kier molecular flexibility index (Phi) is 13.5. The summed E-state index contributed by atoms with van der Waals surface area (Å²) < 4.78 is 40.7. The molecule has 0 aromatic carbocycles. The van der Waals surface area contributed by atoms with E-state index in [1.165, 1.54) is 0 Å². The van der Waals surface area contributed by atoms with Crippen molar-refractivity contribution in [1.29, 1.82) is 0 Å². The zero-order valence-electron chi connectivity index (χ0n) is 2.90. The molecule has 0 rings (SSSR count). The first-order valence-electron chi connectivity index (χ1n) is 0.849. The Hall–Kier alpha value is 0.0200. The average Bonchev–Trinajstić information content (AvgIpc) is 1.33. The van der Waals surface area contributed by atoms with Crippen molar-refractivity contribution >= 4 is 22.9 Å². The van der Waals surface area contributed by atoms with E-state index in [2.05, 4.69) is 0 Å². The van der Waals surface area contributed by atoms with Crippen LogP contribution in [-0.2, 0) is 31.4 Å². The van der Waals surface area contributed by atoms with E-state index < -0.39 is 22.9 Å². The molecule has 0 saturated heterocycles. The monoisotopic (exact) mass is 145 g/mol. The van der Waals surface area contributed by atoms with Crippen molar-refractivity contribution in [3.63, 3.8) is 0 Å². The second kappa shape index (κ2) is 9.39. The predicted molar refractivity (Wildman–Crippen MR) is 20.3 cm³/mol. The van der Waals surface area contributed by atoms with Crippen molar-refractivity contribution < 1.29 is 21.7 Å². The number of hydrogen-bond donors (Lipinski definition) is 1. The Balaban J connectivity index is 0. The van der Waals surface area contributed by atoms with Gasteiger partial charge in [0, 0.05) is 0 Å². The van der Waals surface area contributed by atoms with Crippen LogP contribution in [0.1, 0.15) is 0 Å². The van der Waals surface area contributed by atoms with E-state index in [4.69, 9.17) is 21.7 Å². The molecule has 1 atom stereocenters. The molecule has 1 radical (unpaired) electrons. The van der Waals surface area contributed by atoms with Crippen molar-refractivity contribution in [2.24, 2.45) is 0 Å². The van der Waals surface area contributed by atoms with Crippen molar-refractivity contribution in [2.75, 3.05) is 0 Å². The van der Waals surface area contributed by atoms with Crippen molar-refractivity contribution in [2.45, 2.75) is 0 Å². The molecule has 0 aliphatic carbocycles. The van der Waals surface area contributed by atoms with Crippen LogP contribution >= 0.6 is 0 Å². The van der Waals surface area contributed by atoms with Gasteiger partial charge >= 0.3 is 20.0 Å². The van der Waals surface area contributed by atoms with Crippen molar-refractivity contribution in [1.82, 2.24) is 0 Å². The molecule has 1 N–H and O–H groups in total.